The Balaban J connectivity index is 2.00. The molecule has 0 spiro atoms. The summed E-state index contributed by atoms with van der Waals surface area (Å²) in [7, 11) is 0. The van der Waals surface area contributed by atoms with Crippen molar-refractivity contribution in [2.45, 2.75) is 64.0 Å². The van der Waals surface area contributed by atoms with Crippen LogP contribution in [-0.4, -0.2) is 41.1 Å². The van der Waals surface area contributed by atoms with Gasteiger partial charge in [-0.3, -0.25) is 4.79 Å². The Morgan fingerprint density at radius 1 is 1.26 bits per heavy atom. The van der Waals surface area contributed by atoms with Crippen LogP contribution in [0.5, 0.6) is 0 Å². The molecule has 110 valence electrons. The van der Waals surface area contributed by atoms with Gasteiger partial charge in [0.05, 0.1) is 5.92 Å². The molecule has 0 bridgehead atoms. The van der Waals surface area contributed by atoms with Crippen LogP contribution in [0, 0.1) is 11.8 Å². The summed E-state index contributed by atoms with van der Waals surface area (Å²) >= 11 is 0. The molecule has 19 heavy (non-hydrogen) atoms. The van der Waals surface area contributed by atoms with Crippen molar-refractivity contribution < 1.29 is 9.90 Å². The summed E-state index contributed by atoms with van der Waals surface area (Å²) in [6, 6.07) is 0.418. The molecular weight excluding hydrogens is 240 g/mol. The monoisotopic (exact) mass is 268 g/mol. The second-order valence-corrected chi connectivity index (χ2v) is 6.29. The van der Waals surface area contributed by atoms with Gasteiger partial charge >= 0.3 is 0 Å². The van der Waals surface area contributed by atoms with Gasteiger partial charge in [-0.25, -0.2) is 0 Å². The standard InChI is InChI=1S/C15H28N2O2/c1-11-5-2-8-13(14(11)16)15(19)17(9-4-10-18)12-6-3-7-12/h11-14,18H,2-10,16H2,1H3. The Morgan fingerprint density at radius 2 is 1.95 bits per heavy atom. The average molecular weight is 268 g/mol. The first-order valence-electron chi connectivity index (χ1n) is 7.82. The Bertz CT molecular complexity index is 305. The highest BCUT2D eigenvalue weighted by Gasteiger charge is 2.38. The molecule has 0 heterocycles. The zero-order valence-electron chi connectivity index (χ0n) is 12.1. The van der Waals surface area contributed by atoms with Crippen molar-refractivity contribution in [2.75, 3.05) is 13.2 Å². The van der Waals surface area contributed by atoms with Gasteiger partial charge < -0.3 is 15.7 Å². The van der Waals surface area contributed by atoms with Crippen LogP contribution in [0.25, 0.3) is 0 Å². The van der Waals surface area contributed by atoms with Gasteiger partial charge in [-0.05, 0) is 44.4 Å². The number of nitrogens with zero attached hydrogens (tertiary/aromatic N) is 1. The summed E-state index contributed by atoms with van der Waals surface area (Å²) in [5.41, 5.74) is 6.25. The maximum absolute atomic E-state index is 12.8. The number of hydrogen-bond acceptors (Lipinski definition) is 3. The van der Waals surface area contributed by atoms with E-state index in [-0.39, 0.29) is 24.5 Å². The van der Waals surface area contributed by atoms with Crippen LogP contribution in [0.4, 0.5) is 0 Å². The molecule has 2 aliphatic carbocycles. The lowest BCUT2D eigenvalue weighted by Gasteiger charge is -2.42. The van der Waals surface area contributed by atoms with E-state index in [1.54, 1.807) is 0 Å². The zero-order chi connectivity index (χ0) is 13.8. The van der Waals surface area contributed by atoms with Gasteiger partial charge in [-0.1, -0.05) is 13.3 Å². The summed E-state index contributed by atoms with van der Waals surface area (Å²) < 4.78 is 0. The van der Waals surface area contributed by atoms with E-state index < -0.39 is 0 Å². The predicted octanol–water partition coefficient (Wildman–Crippen LogP) is 1.51. The Hall–Kier alpha value is -0.610. The summed E-state index contributed by atoms with van der Waals surface area (Å²) in [6.07, 6.45) is 7.34. The quantitative estimate of drug-likeness (QED) is 0.794. The van der Waals surface area contributed by atoms with Gasteiger partial charge in [-0.15, -0.1) is 0 Å². The third kappa shape index (κ3) is 3.29. The minimum Gasteiger partial charge on any atom is -0.396 e. The largest absolute Gasteiger partial charge is 0.396 e. The molecule has 3 N–H and O–H groups in total. The van der Waals surface area contributed by atoms with Crippen LogP contribution in [0.3, 0.4) is 0 Å². The van der Waals surface area contributed by atoms with E-state index in [2.05, 4.69) is 6.92 Å². The topological polar surface area (TPSA) is 66.6 Å². The molecule has 2 rings (SSSR count). The Morgan fingerprint density at radius 3 is 2.53 bits per heavy atom. The molecular formula is C15H28N2O2. The van der Waals surface area contributed by atoms with E-state index in [9.17, 15) is 4.79 Å². The highest BCUT2D eigenvalue weighted by Crippen LogP contribution is 2.32. The highest BCUT2D eigenvalue weighted by molar-refractivity contribution is 5.80. The van der Waals surface area contributed by atoms with E-state index in [0.29, 0.717) is 24.9 Å². The lowest BCUT2D eigenvalue weighted by atomic mass is 9.77. The average Bonchev–Trinajstić information content (AvgIpc) is 2.34. The van der Waals surface area contributed by atoms with E-state index in [1.165, 1.54) is 6.42 Å². The molecule has 0 aromatic heterocycles. The molecule has 2 fully saturated rings. The van der Waals surface area contributed by atoms with Crippen LogP contribution < -0.4 is 5.73 Å². The summed E-state index contributed by atoms with van der Waals surface area (Å²) in [5.74, 6) is 0.698. The molecule has 4 heteroatoms. The fourth-order valence-corrected chi connectivity index (χ4v) is 3.35. The fourth-order valence-electron chi connectivity index (χ4n) is 3.35. The van der Waals surface area contributed by atoms with Gasteiger partial charge in [0, 0.05) is 25.2 Å². The Kier molecular flexibility index (Phi) is 5.22. The first kappa shape index (κ1) is 14.8. The van der Waals surface area contributed by atoms with Crippen LogP contribution in [0.2, 0.25) is 0 Å². The first-order chi connectivity index (χ1) is 9.15. The van der Waals surface area contributed by atoms with E-state index in [1.807, 2.05) is 4.90 Å². The molecule has 0 aromatic carbocycles. The van der Waals surface area contributed by atoms with Crippen molar-refractivity contribution in [1.29, 1.82) is 0 Å². The molecule has 2 aliphatic rings. The van der Waals surface area contributed by atoms with Crippen molar-refractivity contribution >= 4 is 5.91 Å². The summed E-state index contributed by atoms with van der Waals surface area (Å²) in [5, 5.41) is 9.01. The molecule has 0 aliphatic heterocycles. The summed E-state index contributed by atoms with van der Waals surface area (Å²) in [4.78, 5) is 14.8. The zero-order valence-corrected chi connectivity index (χ0v) is 12.1. The SMILES string of the molecule is CC1CCCC(C(=O)N(CCCO)C2CCC2)C1N. The minimum atomic E-state index is 0.00282. The Labute approximate surface area is 116 Å². The van der Waals surface area contributed by atoms with Crippen LogP contribution in [0.15, 0.2) is 0 Å². The predicted molar refractivity (Wildman–Crippen MR) is 75.5 cm³/mol. The molecule has 1 amide bonds. The highest BCUT2D eigenvalue weighted by atomic mass is 16.3. The number of aliphatic hydroxyl groups is 1. The normalized spacial score (nSPS) is 31.8. The number of carbonyl (C=O) groups is 1. The second kappa shape index (κ2) is 6.71. The van der Waals surface area contributed by atoms with Gasteiger partial charge in [0.1, 0.15) is 0 Å². The molecule has 3 unspecified atom stereocenters. The molecule has 4 nitrogen and oxygen atoms in total. The van der Waals surface area contributed by atoms with Crippen LogP contribution >= 0.6 is 0 Å². The van der Waals surface area contributed by atoms with Crippen molar-refractivity contribution in [1.82, 2.24) is 4.90 Å². The third-order valence-corrected chi connectivity index (χ3v) is 4.97. The van der Waals surface area contributed by atoms with Crippen molar-refractivity contribution in [2.24, 2.45) is 17.6 Å². The lowest BCUT2D eigenvalue weighted by Crippen LogP contribution is -2.53. The third-order valence-electron chi connectivity index (χ3n) is 4.97. The van der Waals surface area contributed by atoms with Crippen molar-refractivity contribution in [3.63, 3.8) is 0 Å². The van der Waals surface area contributed by atoms with Gasteiger partial charge in [0.15, 0.2) is 0 Å². The number of nitrogens with two attached hydrogens (primary N) is 1. The lowest BCUT2D eigenvalue weighted by molar-refractivity contribution is -0.142. The maximum Gasteiger partial charge on any atom is 0.227 e. The van der Waals surface area contributed by atoms with E-state index in [0.717, 1.165) is 32.1 Å². The maximum atomic E-state index is 12.8. The van der Waals surface area contributed by atoms with Crippen LogP contribution in [0.1, 0.15) is 51.9 Å². The summed E-state index contributed by atoms with van der Waals surface area (Å²) in [6.45, 7) is 3.01. The van der Waals surface area contributed by atoms with E-state index in [4.69, 9.17) is 10.8 Å². The second-order valence-electron chi connectivity index (χ2n) is 6.29. The number of aliphatic hydroxyl groups excluding tert-OH is 1. The minimum absolute atomic E-state index is 0.00282. The molecule has 3 atom stereocenters. The van der Waals surface area contributed by atoms with Gasteiger partial charge in [0.2, 0.25) is 5.91 Å². The molecule has 0 aromatic rings. The van der Waals surface area contributed by atoms with Gasteiger partial charge in [-0.2, -0.15) is 0 Å². The van der Waals surface area contributed by atoms with Gasteiger partial charge in [0.25, 0.3) is 0 Å². The van der Waals surface area contributed by atoms with Crippen molar-refractivity contribution in [3.8, 4) is 0 Å². The molecule has 0 saturated heterocycles. The van der Waals surface area contributed by atoms with Crippen molar-refractivity contribution in [3.05, 3.63) is 0 Å². The number of carbonyl (C=O) groups excluding carboxylic acids is 1. The number of rotatable bonds is 5. The first-order valence-corrected chi connectivity index (χ1v) is 7.82. The van der Waals surface area contributed by atoms with Crippen LogP contribution in [-0.2, 0) is 4.79 Å². The smallest absolute Gasteiger partial charge is 0.227 e. The molecule has 0 radical (unpaired) electrons. The molecule has 2 saturated carbocycles. The number of amides is 1. The van der Waals surface area contributed by atoms with E-state index >= 15 is 0 Å². The fraction of sp³-hybridized carbons (Fsp3) is 0.933. The number of hydrogen-bond donors (Lipinski definition) is 2.